The highest BCUT2D eigenvalue weighted by Gasteiger charge is 2.27. The Morgan fingerprint density at radius 2 is 1.89 bits per heavy atom. The minimum atomic E-state index is -0.334. The van der Waals surface area contributed by atoms with Gasteiger partial charge < -0.3 is 14.0 Å². The lowest BCUT2D eigenvalue weighted by Crippen LogP contribution is -2.24. The number of carbonyl (C=O) groups excluding carboxylic acids is 1. The molecule has 4 rings (SSSR count). The van der Waals surface area contributed by atoms with Gasteiger partial charge in [0, 0.05) is 12.6 Å². The normalized spacial score (nSPS) is 15.4. The fourth-order valence-electron chi connectivity index (χ4n) is 3.02. The van der Waals surface area contributed by atoms with Crippen LogP contribution in [0, 0.1) is 0 Å². The van der Waals surface area contributed by atoms with Crippen molar-refractivity contribution in [3.05, 3.63) is 65.5 Å². The second kappa shape index (κ2) is 8.06. The van der Waals surface area contributed by atoms with E-state index in [1.54, 1.807) is 0 Å². The molecule has 6 nitrogen and oxygen atoms in total. The molecular weight excluding hydrogens is 374 g/mol. The summed E-state index contributed by atoms with van der Waals surface area (Å²) in [6.45, 7) is 2.47. The van der Waals surface area contributed by atoms with E-state index in [2.05, 4.69) is 17.1 Å². The van der Waals surface area contributed by atoms with Gasteiger partial charge in [0.1, 0.15) is 6.61 Å². The molecule has 0 saturated heterocycles. The van der Waals surface area contributed by atoms with Crippen LogP contribution in [0.3, 0.4) is 0 Å². The first-order valence-corrected chi connectivity index (χ1v) is 10.2. The third kappa shape index (κ3) is 3.75. The van der Waals surface area contributed by atoms with Crippen molar-refractivity contribution in [3.8, 4) is 11.5 Å². The molecule has 0 aliphatic carbocycles. The molecule has 0 N–H and O–H groups in total. The number of para-hydroxylation sites is 2. The zero-order valence-corrected chi connectivity index (χ0v) is 16.6. The molecule has 2 heterocycles. The Morgan fingerprint density at radius 1 is 1.14 bits per heavy atom. The van der Waals surface area contributed by atoms with E-state index in [-0.39, 0.29) is 11.9 Å². The van der Waals surface area contributed by atoms with E-state index in [0.29, 0.717) is 34.7 Å². The Balaban J connectivity index is 1.42. The summed E-state index contributed by atoms with van der Waals surface area (Å²) >= 11 is 1.37. The van der Waals surface area contributed by atoms with Crippen molar-refractivity contribution in [2.24, 2.45) is 7.05 Å². The third-order valence-corrected chi connectivity index (χ3v) is 5.70. The number of fused-ring (bicyclic) bond motifs is 1. The molecule has 0 spiro atoms. The lowest BCUT2D eigenvalue weighted by Gasteiger charge is -2.25. The predicted octanol–water partition coefficient (Wildman–Crippen LogP) is 3.87. The fraction of sp³-hybridized carbons (Fsp3) is 0.286. The average Bonchev–Trinajstić information content (AvgIpc) is 3.12. The Morgan fingerprint density at radius 3 is 2.64 bits per heavy atom. The van der Waals surface area contributed by atoms with Crippen LogP contribution in [0.4, 0.5) is 0 Å². The van der Waals surface area contributed by atoms with Gasteiger partial charge in [0.2, 0.25) is 0 Å². The molecule has 144 valence electrons. The van der Waals surface area contributed by atoms with Gasteiger partial charge in [-0.3, -0.25) is 4.79 Å². The van der Waals surface area contributed by atoms with Crippen molar-refractivity contribution >= 4 is 17.5 Å². The highest BCUT2D eigenvalue weighted by atomic mass is 32.2. The Kier molecular flexibility index (Phi) is 5.34. The monoisotopic (exact) mass is 395 g/mol. The molecular formula is C21H21N3O3S. The number of hydrogen-bond donors (Lipinski definition) is 0. The van der Waals surface area contributed by atoms with E-state index in [1.807, 2.05) is 60.1 Å². The van der Waals surface area contributed by atoms with Gasteiger partial charge in [-0.25, -0.2) is 0 Å². The van der Waals surface area contributed by atoms with Crippen LogP contribution in [0.2, 0.25) is 0 Å². The van der Waals surface area contributed by atoms with Gasteiger partial charge >= 0.3 is 0 Å². The van der Waals surface area contributed by atoms with Crippen LogP contribution in [0.15, 0.2) is 53.7 Å². The van der Waals surface area contributed by atoms with Gasteiger partial charge in [-0.05, 0) is 24.1 Å². The quantitative estimate of drug-likeness (QED) is 0.466. The zero-order chi connectivity index (χ0) is 19.5. The van der Waals surface area contributed by atoms with Crippen LogP contribution < -0.4 is 9.47 Å². The third-order valence-electron chi connectivity index (χ3n) is 4.68. The average molecular weight is 395 g/mol. The molecule has 3 aromatic rings. The topological polar surface area (TPSA) is 66.2 Å². The summed E-state index contributed by atoms with van der Waals surface area (Å²) in [4.78, 5) is 12.5. The van der Waals surface area contributed by atoms with Crippen molar-refractivity contribution in [1.82, 2.24) is 14.8 Å². The van der Waals surface area contributed by atoms with Crippen LogP contribution in [0.1, 0.15) is 34.8 Å². The molecule has 2 aromatic carbocycles. The minimum Gasteiger partial charge on any atom is -0.485 e. The highest BCUT2D eigenvalue weighted by molar-refractivity contribution is 7.99. The maximum Gasteiger partial charge on any atom is 0.192 e. The first-order chi connectivity index (χ1) is 13.7. The summed E-state index contributed by atoms with van der Waals surface area (Å²) in [5.41, 5.74) is 1.94. The summed E-state index contributed by atoms with van der Waals surface area (Å²) in [5.74, 6) is 2.49. The van der Waals surface area contributed by atoms with E-state index >= 15 is 0 Å². The van der Waals surface area contributed by atoms with E-state index < -0.39 is 0 Å². The predicted molar refractivity (Wildman–Crippen MR) is 107 cm³/mol. The standard InChI is InChI=1S/C21H21N3O3S/c1-3-14-8-10-15(11-9-14)16(25)13-28-21-23-22-20(24(21)2)19-12-26-17-6-4-5-7-18(17)27-19/h4-11,19H,3,12-13H2,1-2H3. The molecule has 0 radical (unpaired) electrons. The Labute approximate surface area is 167 Å². The number of aryl methyl sites for hydroxylation is 1. The molecule has 1 atom stereocenters. The van der Waals surface area contributed by atoms with Gasteiger partial charge in [0.05, 0.1) is 5.75 Å². The number of hydrogen-bond acceptors (Lipinski definition) is 6. The van der Waals surface area contributed by atoms with Gasteiger partial charge in [0.25, 0.3) is 0 Å². The number of ether oxygens (including phenoxy) is 2. The molecule has 7 heteroatoms. The maximum absolute atomic E-state index is 12.5. The molecule has 28 heavy (non-hydrogen) atoms. The Bertz CT molecular complexity index is 985. The molecule has 1 aliphatic rings. The first kappa shape index (κ1) is 18.6. The SMILES string of the molecule is CCc1ccc(C(=O)CSc2nnc(C3COc4ccccc4O3)n2C)cc1. The van der Waals surface area contributed by atoms with Gasteiger partial charge in [0.15, 0.2) is 34.4 Å². The lowest BCUT2D eigenvalue weighted by atomic mass is 10.1. The van der Waals surface area contributed by atoms with E-state index in [0.717, 1.165) is 12.2 Å². The van der Waals surface area contributed by atoms with Crippen LogP contribution in [-0.2, 0) is 13.5 Å². The number of carbonyl (C=O) groups is 1. The molecule has 0 amide bonds. The molecule has 0 saturated carbocycles. The summed E-state index contributed by atoms with van der Waals surface area (Å²) in [6, 6.07) is 15.3. The summed E-state index contributed by atoms with van der Waals surface area (Å²) in [7, 11) is 1.88. The summed E-state index contributed by atoms with van der Waals surface area (Å²) in [5, 5.41) is 9.17. The van der Waals surface area contributed by atoms with Crippen molar-refractivity contribution in [2.45, 2.75) is 24.6 Å². The van der Waals surface area contributed by atoms with Gasteiger partial charge in [-0.15, -0.1) is 10.2 Å². The second-order valence-corrected chi connectivity index (χ2v) is 7.47. The molecule has 1 aromatic heterocycles. The smallest absolute Gasteiger partial charge is 0.192 e. The van der Waals surface area contributed by atoms with E-state index in [1.165, 1.54) is 17.3 Å². The van der Waals surface area contributed by atoms with Crippen LogP contribution >= 0.6 is 11.8 Å². The van der Waals surface area contributed by atoms with Crippen molar-refractivity contribution in [3.63, 3.8) is 0 Å². The number of rotatable bonds is 6. The molecule has 0 bridgehead atoms. The van der Waals surface area contributed by atoms with Gasteiger partial charge in [-0.2, -0.15) is 0 Å². The first-order valence-electron chi connectivity index (χ1n) is 9.18. The largest absolute Gasteiger partial charge is 0.485 e. The van der Waals surface area contributed by atoms with Crippen molar-refractivity contribution in [1.29, 1.82) is 0 Å². The number of nitrogens with zero attached hydrogens (tertiary/aromatic N) is 3. The number of thioether (sulfide) groups is 1. The van der Waals surface area contributed by atoms with Crippen LogP contribution in [0.25, 0.3) is 0 Å². The zero-order valence-electron chi connectivity index (χ0n) is 15.8. The van der Waals surface area contributed by atoms with E-state index in [4.69, 9.17) is 9.47 Å². The second-order valence-electron chi connectivity index (χ2n) is 6.53. The molecule has 1 unspecified atom stereocenters. The summed E-state index contributed by atoms with van der Waals surface area (Å²) < 4.78 is 13.6. The van der Waals surface area contributed by atoms with E-state index in [9.17, 15) is 4.79 Å². The number of benzene rings is 2. The lowest BCUT2D eigenvalue weighted by molar-refractivity contribution is 0.0825. The van der Waals surface area contributed by atoms with Crippen molar-refractivity contribution in [2.75, 3.05) is 12.4 Å². The number of ketones is 1. The molecule has 1 aliphatic heterocycles. The van der Waals surface area contributed by atoms with Crippen LogP contribution in [-0.4, -0.2) is 32.9 Å². The maximum atomic E-state index is 12.5. The number of aromatic nitrogens is 3. The van der Waals surface area contributed by atoms with Crippen LogP contribution in [0.5, 0.6) is 11.5 Å². The minimum absolute atomic E-state index is 0.0726. The Hall–Kier alpha value is -2.80. The summed E-state index contributed by atoms with van der Waals surface area (Å²) in [6.07, 6.45) is 0.626. The van der Waals surface area contributed by atoms with Gasteiger partial charge in [-0.1, -0.05) is 55.1 Å². The highest BCUT2D eigenvalue weighted by Crippen LogP contribution is 2.35. The van der Waals surface area contributed by atoms with Crippen molar-refractivity contribution < 1.29 is 14.3 Å². The molecule has 0 fully saturated rings. The fourth-order valence-corrected chi connectivity index (χ4v) is 3.83. The number of Topliss-reactive ketones (excluding diaryl/α,β-unsaturated/α-hetero) is 1.